The summed E-state index contributed by atoms with van der Waals surface area (Å²) < 4.78 is 5.43. The molecule has 2 aromatic heterocycles. The standard InChI is InChI=1S/C20H20N4O2/c25-19-12-16(13-24(19)14-17-8-4-5-11-21-17)20-22-18(23-26-20)10-9-15-6-2-1-3-7-15/h1-8,11,16H,9-10,12-14H2. The highest BCUT2D eigenvalue weighted by molar-refractivity contribution is 5.79. The van der Waals surface area contributed by atoms with Crippen LogP contribution in [0.1, 0.15) is 35.3 Å². The molecule has 1 aromatic carbocycles. The maximum absolute atomic E-state index is 12.3. The molecule has 0 bridgehead atoms. The minimum atomic E-state index is -0.0378. The van der Waals surface area contributed by atoms with Gasteiger partial charge in [0.25, 0.3) is 0 Å². The topological polar surface area (TPSA) is 72.1 Å². The van der Waals surface area contributed by atoms with E-state index in [1.807, 2.05) is 36.4 Å². The van der Waals surface area contributed by atoms with Gasteiger partial charge in [0.15, 0.2) is 5.82 Å². The lowest BCUT2D eigenvalue weighted by Crippen LogP contribution is -2.24. The number of hydrogen-bond acceptors (Lipinski definition) is 5. The molecule has 1 saturated heterocycles. The van der Waals surface area contributed by atoms with E-state index in [1.165, 1.54) is 5.56 Å². The van der Waals surface area contributed by atoms with Gasteiger partial charge in [-0.3, -0.25) is 9.78 Å². The molecule has 1 fully saturated rings. The van der Waals surface area contributed by atoms with Crippen LogP contribution in [0.15, 0.2) is 59.3 Å². The average Bonchev–Trinajstić information content (AvgIpc) is 3.29. The Morgan fingerprint density at radius 3 is 2.73 bits per heavy atom. The first-order valence-corrected chi connectivity index (χ1v) is 8.82. The van der Waals surface area contributed by atoms with Crippen LogP contribution in [0.25, 0.3) is 0 Å². The number of aromatic nitrogens is 3. The summed E-state index contributed by atoms with van der Waals surface area (Å²) in [5, 5.41) is 4.08. The van der Waals surface area contributed by atoms with Crippen LogP contribution < -0.4 is 0 Å². The maximum Gasteiger partial charge on any atom is 0.232 e. The zero-order valence-electron chi connectivity index (χ0n) is 14.4. The number of rotatable bonds is 6. The van der Waals surface area contributed by atoms with Gasteiger partial charge in [-0.15, -0.1) is 0 Å². The quantitative estimate of drug-likeness (QED) is 0.685. The van der Waals surface area contributed by atoms with Crippen LogP contribution in [0.4, 0.5) is 0 Å². The first-order chi connectivity index (χ1) is 12.8. The highest BCUT2D eigenvalue weighted by atomic mass is 16.5. The van der Waals surface area contributed by atoms with Crippen molar-refractivity contribution < 1.29 is 9.32 Å². The van der Waals surface area contributed by atoms with Gasteiger partial charge in [-0.2, -0.15) is 4.98 Å². The van der Waals surface area contributed by atoms with Gasteiger partial charge in [-0.05, 0) is 24.1 Å². The minimum absolute atomic E-state index is 0.0378. The first-order valence-electron chi connectivity index (χ1n) is 8.82. The molecule has 1 amide bonds. The Balaban J connectivity index is 1.36. The third kappa shape index (κ3) is 3.79. The van der Waals surface area contributed by atoms with E-state index in [1.54, 1.807) is 11.1 Å². The molecular weight excluding hydrogens is 328 g/mol. The summed E-state index contributed by atoms with van der Waals surface area (Å²) in [6.45, 7) is 1.11. The van der Waals surface area contributed by atoms with Gasteiger partial charge in [0.2, 0.25) is 11.8 Å². The van der Waals surface area contributed by atoms with Crippen molar-refractivity contribution in [3.05, 3.63) is 77.7 Å². The Labute approximate surface area is 151 Å². The molecule has 0 spiro atoms. The van der Waals surface area contributed by atoms with Crippen LogP contribution in [0.5, 0.6) is 0 Å². The van der Waals surface area contributed by atoms with Crippen LogP contribution in [-0.2, 0) is 24.2 Å². The first kappa shape index (κ1) is 16.4. The predicted molar refractivity (Wildman–Crippen MR) is 95.2 cm³/mol. The number of likely N-dealkylation sites (tertiary alicyclic amines) is 1. The minimum Gasteiger partial charge on any atom is -0.339 e. The number of nitrogens with zero attached hydrogens (tertiary/aromatic N) is 4. The van der Waals surface area contributed by atoms with Gasteiger partial charge in [0.05, 0.1) is 18.2 Å². The highest BCUT2D eigenvalue weighted by Gasteiger charge is 2.34. The molecule has 4 rings (SSSR count). The van der Waals surface area contributed by atoms with Crippen molar-refractivity contribution in [1.29, 1.82) is 0 Å². The number of carbonyl (C=O) groups excluding carboxylic acids is 1. The SMILES string of the molecule is O=C1CC(c2nc(CCc3ccccc3)no2)CN1Cc1ccccn1. The van der Waals surface area contributed by atoms with Crippen molar-refractivity contribution in [2.24, 2.45) is 0 Å². The molecule has 0 N–H and O–H groups in total. The molecule has 0 aliphatic carbocycles. The van der Waals surface area contributed by atoms with Crippen LogP contribution in [-0.4, -0.2) is 32.5 Å². The predicted octanol–water partition coefficient (Wildman–Crippen LogP) is 2.77. The van der Waals surface area contributed by atoms with E-state index < -0.39 is 0 Å². The Morgan fingerprint density at radius 2 is 1.92 bits per heavy atom. The molecule has 1 unspecified atom stereocenters. The van der Waals surface area contributed by atoms with E-state index in [4.69, 9.17) is 4.52 Å². The number of hydrogen-bond donors (Lipinski definition) is 0. The van der Waals surface area contributed by atoms with Crippen molar-refractivity contribution in [1.82, 2.24) is 20.0 Å². The van der Waals surface area contributed by atoms with Crippen LogP contribution in [0.2, 0.25) is 0 Å². The summed E-state index contributed by atoms with van der Waals surface area (Å²) in [4.78, 5) is 22.9. The third-order valence-electron chi connectivity index (χ3n) is 4.61. The van der Waals surface area contributed by atoms with Gasteiger partial charge >= 0.3 is 0 Å². The summed E-state index contributed by atoms with van der Waals surface area (Å²) in [6.07, 6.45) is 3.75. The Morgan fingerprint density at radius 1 is 1.08 bits per heavy atom. The molecule has 0 radical (unpaired) electrons. The molecule has 26 heavy (non-hydrogen) atoms. The van der Waals surface area contributed by atoms with Gasteiger partial charge in [-0.25, -0.2) is 0 Å². The molecular formula is C20H20N4O2. The molecule has 6 nitrogen and oxygen atoms in total. The van der Waals surface area contributed by atoms with Crippen LogP contribution in [0.3, 0.4) is 0 Å². The number of amides is 1. The summed E-state index contributed by atoms with van der Waals surface area (Å²) >= 11 is 0. The second-order valence-corrected chi connectivity index (χ2v) is 6.53. The molecule has 132 valence electrons. The number of benzene rings is 1. The van der Waals surface area contributed by atoms with Crippen molar-refractivity contribution in [2.75, 3.05) is 6.54 Å². The smallest absolute Gasteiger partial charge is 0.232 e. The number of carbonyl (C=O) groups is 1. The van der Waals surface area contributed by atoms with E-state index in [0.717, 1.165) is 18.5 Å². The third-order valence-corrected chi connectivity index (χ3v) is 4.61. The fourth-order valence-electron chi connectivity index (χ4n) is 3.21. The lowest BCUT2D eigenvalue weighted by Gasteiger charge is -2.15. The monoisotopic (exact) mass is 348 g/mol. The van der Waals surface area contributed by atoms with E-state index in [-0.39, 0.29) is 11.8 Å². The van der Waals surface area contributed by atoms with Crippen molar-refractivity contribution in [3.63, 3.8) is 0 Å². The highest BCUT2D eigenvalue weighted by Crippen LogP contribution is 2.28. The second-order valence-electron chi connectivity index (χ2n) is 6.53. The Bertz CT molecular complexity index is 864. The van der Waals surface area contributed by atoms with E-state index in [2.05, 4.69) is 27.3 Å². The normalized spacial score (nSPS) is 17.0. The van der Waals surface area contributed by atoms with Gasteiger partial charge in [0, 0.05) is 25.6 Å². The lowest BCUT2D eigenvalue weighted by atomic mass is 10.1. The second kappa shape index (κ2) is 7.47. The number of pyridine rings is 1. The zero-order chi connectivity index (χ0) is 17.8. The van der Waals surface area contributed by atoms with E-state index >= 15 is 0 Å². The zero-order valence-corrected chi connectivity index (χ0v) is 14.4. The fraction of sp³-hybridized carbons (Fsp3) is 0.300. The van der Waals surface area contributed by atoms with E-state index in [9.17, 15) is 4.79 Å². The molecule has 1 aliphatic rings. The van der Waals surface area contributed by atoms with Gasteiger partial charge in [-0.1, -0.05) is 41.6 Å². The van der Waals surface area contributed by atoms with Crippen molar-refractivity contribution in [3.8, 4) is 0 Å². The van der Waals surface area contributed by atoms with Gasteiger partial charge < -0.3 is 9.42 Å². The molecule has 1 atom stereocenters. The summed E-state index contributed by atoms with van der Waals surface area (Å²) in [7, 11) is 0. The largest absolute Gasteiger partial charge is 0.339 e. The van der Waals surface area contributed by atoms with Gasteiger partial charge in [0.1, 0.15) is 0 Å². The molecule has 3 heterocycles. The molecule has 1 aliphatic heterocycles. The Hall–Kier alpha value is -3.02. The summed E-state index contributed by atoms with van der Waals surface area (Å²) in [6, 6.07) is 16.0. The Kier molecular flexibility index (Phi) is 4.73. The van der Waals surface area contributed by atoms with Crippen molar-refractivity contribution in [2.45, 2.75) is 31.7 Å². The van der Waals surface area contributed by atoms with Crippen molar-refractivity contribution >= 4 is 5.91 Å². The summed E-state index contributed by atoms with van der Waals surface area (Å²) in [5.74, 6) is 1.32. The van der Waals surface area contributed by atoms with Crippen LogP contribution in [0, 0.1) is 0 Å². The van der Waals surface area contributed by atoms with E-state index in [0.29, 0.717) is 31.2 Å². The summed E-state index contributed by atoms with van der Waals surface area (Å²) in [5.41, 5.74) is 2.13. The fourth-order valence-corrected chi connectivity index (χ4v) is 3.21. The molecule has 0 saturated carbocycles. The molecule has 6 heteroatoms. The average molecular weight is 348 g/mol. The number of aryl methyl sites for hydroxylation is 2. The molecule has 3 aromatic rings. The van der Waals surface area contributed by atoms with Crippen LogP contribution >= 0.6 is 0 Å². The lowest BCUT2D eigenvalue weighted by molar-refractivity contribution is -0.128. The maximum atomic E-state index is 12.3.